The second-order valence-corrected chi connectivity index (χ2v) is 6.92. The highest BCUT2D eigenvalue weighted by molar-refractivity contribution is 6.33. The van der Waals surface area contributed by atoms with Gasteiger partial charge in [0.25, 0.3) is 5.91 Å². The molecular formula is C18H21ClF3NO3. The number of carbonyl (C=O) groups excluding carboxylic acids is 2. The molecule has 8 heteroatoms. The molecule has 26 heavy (non-hydrogen) atoms. The van der Waals surface area contributed by atoms with E-state index in [-0.39, 0.29) is 34.4 Å². The van der Waals surface area contributed by atoms with Crippen molar-refractivity contribution in [3.8, 4) is 0 Å². The highest BCUT2D eigenvalue weighted by Gasteiger charge is 2.35. The smallest absolute Gasteiger partial charge is 0.416 e. The summed E-state index contributed by atoms with van der Waals surface area (Å²) in [6.07, 6.45) is -2.89. The molecule has 1 fully saturated rings. The van der Waals surface area contributed by atoms with Crippen LogP contribution in [0.4, 0.5) is 13.2 Å². The molecule has 0 radical (unpaired) electrons. The molecule has 1 amide bonds. The van der Waals surface area contributed by atoms with E-state index in [1.165, 1.54) is 0 Å². The molecule has 0 heterocycles. The molecule has 144 valence electrons. The van der Waals surface area contributed by atoms with Gasteiger partial charge >= 0.3 is 12.1 Å². The van der Waals surface area contributed by atoms with E-state index in [2.05, 4.69) is 5.32 Å². The van der Waals surface area contributed by atoms with Gasteiger partial charge in [0.1, 0.15) is 0 Å². The van der Waals surface area contributed by atoms with Crippen molar-refractivity contribution in [3.05, 3.63) is 34.3 Å². The van der Waals surface area contributed by atoms with Crippen molar-refractivity contribution < 1.29 is 27.5 Å². The zero-order chi connectivity index (χ0) is 19.5. The van der Waals surface area contributed by atoms with E-state index in [0.29, 0.717) is 25.9 Å². The number of carbonyl (C=O) groups is 2. The van der Waals surface area contributed by atoms with Crippen molar-refractivity contribution in [1.29, 1.82) is 0 Å². The first-order valence-electron chi connectivity index (χ1n) is 8.47. The van der Waals surface area contributed by atoms with Gasteiger partial charge in [0, 0.05) is 6.04 Å². The van der Waals surface area contributed by atoms with Crippen LogP contribution in [0.5, 0.6) is 0 Å². The Labute approximate surface area is 155 Å². The van der Waals surface area contributed by atoms with E-state index in [4.69, 9.17) is 16.3 Å². The van der Waals surface area contributed by atoms with E-state index < -0.39 is 17.6 Å². The van der Waals surface area contributed by atoms with Crippen LogP contribution < -0.4 is 5.32 Å². The zero-order valence-electron chi connectivity index (χ0n) is 14.5. The molecule has 0 bridgehead atoms. The van der Waals surface area contributed by atoms with E-state index in [9.17, 15) is 22.8 Å². The Morgan fingerprint density at radius 3 is 2.58 bits per heavy atom. The van der Waals surface area contributed by atoms with Gasteiger partial charge in [-0.3, -0.25) is 9.59 Å². The van der Waals surface area contributed by atoms with Crippen LogP contribution in [0, 0.1) is 11.8 Å². The fourth-order valence-corrected chi connectivity index (χ4v) is 3.47. The number of amides is 1. The van der Waals surface area contributed by atoms with E-state index in [0.717, 1.165) is 18.2 Å². The molecule has 1 aliphatic rings. The average Bonchev–Trinajstić information content (AvgIpc) is 2.54. The molecule has 1 aromatic rings. The van der Waals surface area contributed by atoms with Crippen LogP contribution in [0.25, 0.3) is 0 Å². The number of ether oxygens (including phenoxy) is 1. The van der Waals surface area contributed by atoms with Crippen LogP contribution in [0.1, 0.15) is 49.0 Å². The van der Waals surface area contributed by atoms with Crippen molar-refractivity contribution in [2.24, 2.45) is 11.8 Å². The number of nitrogens with one attached hydrogen (secondary N) is 1. The lowest BCUT2D eigenvalue weighted by Crippen LogP contribution is -2.42. The summed E-state index contributed by atoms with van der Waals surface area (Å²) in [5.74, 6) is -1.11. The largest absolute Gasteiger partial charge is 0.466 e. The molecule has 3 unspecified atom stereocenters. The quantitative estimate of drug-likeness (QED) is 0.771. The van der Waals surface area contributed by atoms with Crippen molar-refractivity contribution in [2.75, 3.05) is 6.61 Å². The Bertz CT molecular complexity index is 678. The topological polar surface area (TPSA) is 55.4 Å². The molecule has 4 nitrogen and oxygen atoms in total. The minimum atomic E-state index is -4.55. The molecule has 1 aliphatic carbocycles. The Morgan fingerprint density at radius 1 is 1.31 bits per heavy atom. The minimum Gasteiger partial charge on any atom is -0.466 e. The summed E-state index contributed by atoms with van der Waals surface area (Å²) in [6, 6.07) is 2.44. The first kappa shape index (κ1) is 20.6. The fourth-order valence-electron chi connectivity index (χ4n) is 3.27. The normalized spacial score (nSPS) is 23.4. The number of rotatable bonds is 4. The molecular weight excluding hydrogens is 371 g/mol. The number of halogens is 4. The maximum Gasteiger partial charge on any atom is 0.416 e. The number of alkyl halides is 3. The van der Waals surface area contributed by atoms with Gasteiger partial charge in [-0.1, -0.05) is 18.5 Å². The maximum atomic E-state index is 12.8. The third-order valence-corrected chi connectivity index (χ3v) is 4.96. The molecule has 1 N–H and O–H groups in total. The summed E-state index contributed by atoms with van der Waals surface area (Å²) in [4.78, 5) is 24.3. The fraction of sp³-hybridized carbons (Fsp3) is 0.556. The summed E-state index contributed by atoms with van der Waals surface area (Å²) in [5.41, 5.74) is -1.13. The summed E-state index contributed by atoms with van der Waals surface area (Å²) >= 11 is 5.90. The molecule has 2 rings (SSSR count). The summed E-state index contributed by atoms with van der Waals surface area (Å²) in [5, 5.41) is 2.70. The van der Waals surface area contributed by atoms with Gasteiger partial charge in [-0.05, 0) is 50.3 Å². The lowest BCUT2D eigenvalue weighted by atomic mass is 9.78. The monoisotopic (exact) mass is 391 g/mol. The van der Waals surface area contributed by atoms with Gasteiger partial charge in [-0.2, -0.15) is 13.2 Å². The van der Waals surface area contributed by atoms with Crippen LogP contribution in [0.3, 0.4) is 0 Å². The van der Waals surface area contributed by atoms with Gasteiger partial charge in [0.15, 0.2) is 0 Å². The Morgan fingerprint density at radius 2 is 2.00 bits per heavy atom. The predicted molar refractivity (Wildman–Crippen MR) is 90.8 cm³/mol. The zero-order valence-corrected chi connectivity index (χ0v) is 15.3. The average molecular weight is 392 g/mol. The lowest BCUT2D eigenvalue weighted by molar-refractivity contribution is -0.151. The second-order valence-electron chi connectivity index (χ2n) is 6.51. The van der Waals surface area contributed by atoms with E-state index >= 15 is 0 Å². The molecule has 3 atom stereocenters. The van der Waals surface area contributed by atoms with Crippen LogP contribution >= 0.6 is 11.6 Å². The molecule has 1 saturated carbocycles. The van der Waals surface area contributed by atoms with Crippen molar-refractivity contribution in [2.45, 2.75) is 45.3 Å². The Kier molecular flexibility index (Phi) is 6.55. The van der Waals surface area contributed by atoms with Gasteiger partial charge in [-0.25, -0.2) is 0 Å². The van der Waals surface area contributed by atoms with Gasteiger partial charge in [0.2, 0.25) is 0 Å². The summed E-state index contributed by atoms with van der Waals surface area (Å²) in [6.45, 7) is 3.96. The number of hydrogen-bond acceptors (Lipinski definition) is 3. The lowest BCUT2D eigenvalue weighted by Gasteiger charge is -2.33. The standard InChI is InChI=1S/C18H21ClF3NO3/c1-3-26-17(25)13-6-5-12(8-10(13)2)23-16(24)14-9-11(18(20,21)22)4-7-15(14)19/h4,7,9-10,12-13H,3,5-6,8H2,1-2H3,(H,23,24). The van der Waals surface area contributed by atoms with Crippen LogP contribution in [0.2, 0.25) is 5.02 Å². The highest BCUT2D eigenvalue weighted by Crippen LogP contribution is 2.33. The number of hydrogen-bond donors (Lipinski definition) is 1. The maximum absolute atomic E-state index is 12.8. The van der Waals surface area contributed by atoms with Crippen LogP contribution in [-0.2, 0) is 15.7 Å². The van der Waals surface area contributed by atoms with Crippen molar-refractivity contribution >= 4 is 23.5 Å². The van der Waals surface area contributed by atoms with Crippen molar-refractivity contribution in [1.82, 2.24) is 5.32 Å². The minimum absolute atomic E-state index is 0.00471. The Hall–Kier alpha value is -1.76. The van der Waals surface area contributed by atoms with E-state index in [1.54, 1.807) is 6.92 Å². The number of benzene rings is 1. The molecule has 1 aromatic carbocycles. The third-order valence-electron chi connectivity index (χ3n) is 4.63. The Balaban J connectivity index is 2.04. The first-order valence-corrected chi connectivity index (χ1v) is 8.85. The van der Waals surface area contributed by atoms with Gasteiger partial charge in [0.05, 0.1) is 28.7 Å². The van der Waals surface area contributed by atoms with Crippen molar-refractivity contribution in [3.63, 3.8) is 0 Å². The molecule has 0 saturated heterocycles. The summed E-state index contributed by atoms with van der Waals surface area (Å²) in [7, 11) is 0. The first-order chi connectivity index (χ1) is 12.1. The highest BCUT2D eigenvalue weighted by atomic mass is 35.5. The predicted octanol–water partition coefficient (Wildman–Crippen LogP) is 4.46. The van der Waals surface area contributed by atoms with Crippen LogP contribution in [0.15, 0.2) is 18.2 Å². The van der Waals surface area contributed by atoms with Gasteiger partial charge < -0.3 is 10.1 Å². The molecule has 0 spiro atoms. The third kappa shape index (κ3) is 4.90. The SMILES string of the molecule is CCOC(=O)C1CCC(NC(=O)c2cc(C(F)(F)F)ccc2Cl)CC1C. The van der Waals surface area contributed by atoms with Gasteiger partial charge in [-0.15, -0.1) is 0 Å². The van der Waals surface area contributed by atoms with E-state index in [1.807, 2.05) is 6.92 Å². The molecule has 0 aromatic heterocycles. The second kappa shape index (κ2) is 8.29. The molecule has 0 aliphatic heterocycles. The van der Waals surface area contributed by atoms with Crippen LogP contribution in [-0.4, -0.2) is 24.5 Å². The number of esters is 1. The summed E-state index contributed by atoms with van der Waals surface area (Å²) < 4.78 is 43.6.